The fourth-order valence-corrected chi connectivity index (χ4v) is 3.57. The number of hydrogen-bond acceptors (Lipinski definition) is 4. The Morgan fingerprint density at radius 2 is 1.85 bits per heavy atom. The molecule has 26 heavy (non-hydrogen) atoms. The first-order valence-corrected chi connectivity index (χ1v) is 9.88. The summed E-state index contributed by atoms with van der Waals surface area (Å²) >= 11 is 0. The standard InChI is InChI=1S/C22H32O4/c23-16-8-3-1-2-7-11-21-18(13-15-22(21)25)12-14-19(24)17-26-20-9-5-4-6-10-20/h4-6,9-10,12,14,18-19,21,23-24H,1-3,7-8,11,13,15-17H2. The van der Waals surface area contributed by atoms with Crippen LogP contribution in [-0.4, -0.2) is 35.3 Å². The van der Waals surface area contributed by atoms with Crippen molar-refractivity contribution in [3.8, 4) is 5.75 Å². The maximum atomic E-state index is 12.2. The molecule has 0 amide bonds. The van der Waals surface area contributed by atoms with E-state index in [1.165, 1.54) is 0 Å². The molecule has 1 aliphatic carbocycles. The lowest BCUT2D eigenvalue weighted by Gasteiger charge is -2.16. The predicted molar refractivity (Wildman–Crippen MR) is 103 cm³/mol. The second-order valence-electron chi connectivity index (χ2n) is 7.13. The van der Waals surface area contributed by atoms with Gasteiger partial charge in [-0.1, -0.05) is 56.0 Å². The van der Waals surface area contributed by atoms with Crippen LogP contribution >= 0.6 is 0 Å². The molecule has 2 N–H and O–H groups in total. The fourth-order valence-electron chi connectivity index (χ4n) is 3.57. The van der Waals surface area contributed by atoms with Gasteiger partial charge in [0.1, 0.15) is 24.2 Å². The SMILES string of the molecule is O=C1CCC(C=CC(O)COc2ccccc2)C1CCCCCCCO. The highest BCUT2D eigenvalue weighted by Crippen LogP contribution is 2.34. The molecule has 144 valence electrons. The topological polar surface area (TPSA) is 66.8 Å². The number of aliphatic hydroxyl groups is 2. The molecule has 2 rings (SSSR count). The number of allylic oxidation sites excluding steroid dienone is 1. The molecule has 1 saturated carbocycles. The van der Waals surface area contributed by atoms with Crippen molar-refractivity contribution in [1.29, 1.82) is 0 Å². The van der Waals surface area contributed by atoms with Crippen LogP contribution in [0, 0.1) is 11.8 Å². The largest absolute Gasteiger partial charge is 0.491 e. The van der Waals surface area contributed by atoms with Gasteiger partial charge in [-0.2, -0.15) is 0 Å². The molecule has 1 aromatic rings. The Bertz CT molecular complexity index is 540. The quantitative estimate of drug-likeness (QED) is 0.438. The average Bonchev–Trinajstić information content (AvgIpc) is 3.02. The summed E-state index contributed by atoms with van der Waals surface area (Å²) in [4.78, 5) is 12.2. The van der Waals surface area contributed by atoms with E-state index in [9.17, 15) is 9.90 Å². The van der Waals surface area contributed by atoms with E-state index in [0.29, 0.717) is 12.2 Å². The van der Waals surface area contributed by atoms with Crippen LogP contribution in [0.1, 0.15) is 51.4 Å². The normalized spacial score (nSPS) is 21.4. The first kappa shape index (κ1) is 20.7. The van der Waals surface area contributed by atoms with Crippen LogP contribution in [0.2, 0.25) is 0 Å². The van der Waals surface area contributed by atoms with Gasteiger partial charge in [0.25, 0.3) is 0 Å². The number of unbranched alkanes of at least 4 members (excludes halogenated alkanes) is 4. The lowest BCUT2D eigenvalue weighted by atomic mass is 9.89. The third-order valence-electron chi connectivity index (χ3n) is 5.07. The van der Waals surface area contributed by atoms with Gasteiger partial charge in [0.15, 0.2) is 0 Å². The number of carbonyl (C=O) groups excluding carboxylic acids is 1. The van der Waals surface area contributed by atoms with Crippen LogP contribution in [0.25, 0.3) is 0 Å². The molecular weight excluding hydrogens is 328 g/mol. The van der Waals surface area contributed by atoms with Crippen molar-refractivity contribution in [3.63, 3.8) is 0 Å². The molecular formula is C22H32O4. The zero-order valence-corrected chi connectivity index (χ0v) is 15.6. The second-order valence-corrected chi connectivity index (χ2v) is 7.13. The Labute approximate surface area is 156 Å². The van der Waals surface area contributed by atoms with E-state index in [1.54, 1.807) is 6.08 Å². The lowest BCUT2D eigenvalue weighted by Crippen LogP contribution is -2.17. The number of ether oxygens (including phenoxy) is 1. The number of ketones is 1. The number of carbonyl (C=O) groups is 1. The van der Waals surface area contributed by atoms with Crippen molar-refractivity contribution in [2.75, 3.05) is 13.2 Å². The summed E-state index contributed by atoms with van der Waals surface area (Å²) in [6, 6.07) is 9.45. The number of aliphatic hydroxyl groups excluding tert-OH is 2. The number of Topliss-reactive ketones (excluding diaryl/α,β-unsaturated/α-hetero) is 1. The van der Waals surface area contributed by atoms with Crippen molar-refractivity contribution in [3.05, 3.63) is 42.5 Å². The zero-order chi connectivity index (χ0) is 18.6. The summed E-state index contributed by atoms with van der Waals surface area (Å²) in [7, 11) is 0. The van der Waals surface area contributed by atoms with Gasteiger partial charge in [-0.15, -0.1) is 0 Å². The minimum Gasteiger partial charge on any atom is -0.491 e. The fraction of sp³-hybridized carbons (Fsp3) is 0.591. The van der Waals surface area contributed by atoms with Crippen LogP contribution in [0.5, 0.6) is 5.75 Å². The minimum atomic E-state index is -0.662. The summed E-state index contributed by atoms with van der Waals surface area (Å²) in [6.07, 6.45) is 10.8. The summed E-state index contributed by atoms with van der Waals surface area (Å²) in [6.45, 7) is 0.487. The summed E-state index contributed by atoms with van der Waals surface area (Å²) < 4.78 is 5.56. The molecule has 3 atom stereocenters. The summed E-state index contributed by atoms with van der Waals surface area (Å²) in [5, 5.41) is 18.9. The van der Waals surface area contributed by atoms with Crippen LogP contribution in [0.15, 0.2) is 42.5 Å². The van der Waals surface area contributed by atoms with E-state index in [0.717, 1.165) is 50.7 Å². The first-order valence-electron chi connectivity index (χ1n) is 9.88. The molecule has 1 aromatic carbocycles. The van der Waals surface area contributed by atoms with Gasteiger partial charge in [-0.3, -0.25) is 4.79 Å². The van der Waals surface area contributed by atoms with Crippen molar-refractivity contribution in [2.24, 2.45) is 11.8 Å². The van der Waals surface area contributed by atoms with Gasteiger partial charge in [0.05, 0.1) is 0 Å². The molecule has 0 radical (unpaired) electrons. The van der Waals surface area contributed by atoms with Crippen molar-refractivity contribution < 1.29 is 19.7 Å². The minimum absolute atomic E-state index is 0.103. The monoisotopic (exact) mass is 360 g/mol. The average molecular weight is 360 g/mol. The van der Waals surface area contributed by atoms with E-state index in [-0.39, 0.29) is 25.0 Å². The molecule has 0 spiro atoms. The number of para-hydroxylation sites is 1. The molecule has 0 heterocycles. The second kappa shape index (κ2) is 11.9. The molecule has 4 heteroatoms. The van der Waals surface area contributed by atoms with Crippen LogP contribution in [-0.2, 0) is 4.79 Å². The smallest absolute Gasteiger partial charge is 0.136 e. The van der Waals surface area contributed by atoms with Crippen LogP contribution in [0.3, 0.4) is 0 Å². The molecule has 1 aliphatic rings. The van der Waals surface area contributed by atoms with Crippen LogP contribution in [0.4, 0.5) is 0 Å². The number of benzene rings is 1. The Hall–Kier alpha value is -1.65. The molecule has 4 nitrogen and oxygen atoms in total. The summed E-state index contributed by atoms with van der Waals surface area (Å²) in [5.74, 6) is 1.46. The molecule has 3 unspecified atom stereocenters. The molecule has 0 bridgehead atoms. The van der Waals surface area contributed by atoms with Gasteiger partial charge in [0.2, 0.25) is 0 Å². The Balaban J connectivity index is 1.71. The Morgan fingerprint density at radius 1 is 1.12 bits per heavy atom. The van der Waals surface area contributed by atoms with Gasteiger partial charge in [-0.25, -0.2) is 0 Å². The third kappa shape index (κ3) is 7.30. The number of rotatable bonds is 12. The predicted octanol–water partition coefficient (Wildman–Crippen LogP) is 3.91. The first-order chi connectivity index (χ1) is 12.7. The molecule has 0 aromatic heterocycles. The molecule has 1 fully saturated rings. The highest BCUT2D eigenvalue weighted by molar-refractivity contribution is 5.83. The highest BCUT2D eigenvalue weighted by Gasteiger charge is 2.32. The third-order valence-corrected chi connectivity index (χ3v) is 5.07. The molecule has 0 aliphatic heterocycles. The van der Waals surface area contributed by atoms with E-state index >= 15 is 0 Å². The Morgan fingerprint density at radius 3 is 2.62 bits per heavy atom. The van der Waals surface area contributed by atoms with Crippen molar-refractivity contribution >= 4 is 5.78 Å². The van der Waals surface area contributed by atoms with Gasteiger partial charge in [-0.05, 0) is 37.3 Å². The van der Waals surface area contributed by atoms with E-state index in [2.05, 4.69) is 0 Å². The summed E-state index contributed by atoms with van der Waals surface area (Å²) in [5.41, 5.74) is 0. The zero-order valence-electron chi connectivity index (χ0n) is 15.6. The van der Waals surface area contributed by atoms with E-state index in [1.807, 2.05) is 36.4 Å². The van der Waals surface area contributed by atoms with Gasteiger partial charge in [0, 0.05) is 18.9 Å². The maximum absolute atomic E-state index is 12.2. The van der Waals surface area contributed by atoms with E-state index < -0.39 is 6.10 Å². The lowest BCUT2D eigenvalue weighted by molar-refractivity contribution is -0.121. The van der Waals surface area contributed by atoms with Crippen LogP contribution < -0.4 is 4.74 Å². The maximum Gasteiger partial charge on any atom is 0.136 e. The van der Waals surface area contributed by atoms with Crippen molar-refractivity contribution in [2.45, 2.75) is 57.5 Å². The number of hydrogen-bond donors (Lipinski definition) is 2. The van der Waals surface area contributed by atoms with Gasteiger partial charge >= 0.3 is 0 Å². The van der Waals surface area contributed by atoms with Crippen molar-refractivity contribution in [1.82, 2.24) is 0 Å². The Kier molecular flexibility index (Phi) is 9.43. The molecule has 0 saturated heterocycles. The van der Waals surface area contributed by atoms with Gasteiger partial charge < -0.3 is 14.9 Å². The van der Waals surface area contributed by atoms with E-state index in [4.69, 9.17) is 9.84 Å². The highest BCUT2D eigenvalue weighted by atomic mass is 16.5.